The molecule has 2 heterocycles. The van der Waals surface area contributed by atoms with E-state index in [1.165, 1.54) is 23.1 Å². The van der Waals surface area contributed by atoms with Crippen molar-refractivity contribution >= 4 is 15.9 Å². The highest BCUT2D eigenvalue weighted by atomic mass is 32.2. The quantitative estimate of drug-likeness (QED) is 0.602. The van der Waals surface area contributed by atoms with Gasteiger partial charge in [0.2, 0.25) is 5.91 Å². The molecule has 0 radical (unpaired) electrons. The van der Waals surface area contributed by atoms with E-state index in [1.807, 2.05) is 18.6 Å². The van der Waals surface area contributed by atoms with Crippen molar-refractivity contribution in [1.29, 1.82) is 0 Å². The molecule has 0 bridgehead atoms. The summed E-state index contributed by atoms with van der Waals surface area (Å²) in [5.74, 6) is -1.27. The summed E-state index contributed by atoms with van der Waals surface area (Å²) in [5.41, 5.74) is 2.32. The van der Waals surface area contributed by atoms with E-state index in [1.54, 1.807) is 24.5 Å². The van der Waals surface area contributed by atoms with Crippen LogP contribution in [0.3, 0.4) is 0 Å². The van der Waals surface area contributed by atoms with Crippen LogP contribution in [0.4, 0.5) is 4.39 Å². The lowest BCUT2D eigenvalue weighted by atomic mass is 9.88. The Morgan fingerprint density at radius 3 is 2.74 bits per heavy atom. The number of nitrogens with one attached hydrogen (secondary N) is 1. The van der Waals surface area contributed by atoms with Gasteiger partial charge in [-0.05, 0) is 53.6 Å². The molecule has 1 fully saturated rings. The van der Waals surface area contributed by atoms with Gasteiger partial charge in [0.1, 0.15) is 12.1 Å². The molecular weight excluding hydrogens is 421 g/mol. The summed E-state index contributed by atoms with van der Waals surface area (Å²) in [6.45, 7) is 3.77. The number of hydrogen-bond acceptors (Lipinski definition) is 6. The van der Waals surface area contributed by atoms with Crippen LogP contribution in [-0.2, 0) is 21.2 Å². The van der Waals surface area contributed by atoms with Crippen LogP contribution in [-0.4, -0.2) is 34.1 Å². The van der Waals surface area contributed by atoms with Gasteiger partial charge in [0.25, 0.3) is 5.16 Å². The highest BCUT2D eigenvalue weighted by Crippen LogP contribution is 2.34. The van der Waals surface area contributed by atoms with Gasteiger partial charge in [-0.3, -0.25) is 9.78 Å². The standard InChI is InChI=1S/C21H22FN5O3S/c1-13(2)17-8-15(22)9-18(14-4-3-7-23-11-14)19(17)10-20(28)26-31(29,30)21-24-12-27(25-21)16-5-6-16/h3-4,7-9,11-13,16H,5-6,10H2,1-2H3,(H,26,28). The van der Waals surface area contributed by atoms with Crippen molar-refractivity contribution in [2.45, 2.75) is 50.2 Å². The zero-order valence-corrected chi connectivity index (χ0v) is 17.9. The number of carbonyl (C=O) groups excluding carboxylic acids is 1. The predicted molar refractivity (Wildman–Crippen MR) is 111 cm³/mol. The van der Waals surface area contributed by atoms with E-state index in [0.717, 1.165) is 12.8 Å². The molecule has 1 aliphatic carbocycles. The summed E-state index contributed by atoms with van der Waals surface area (Å²) in [6, 6.07) is 6.35. The average Bonchev–Trinajstić information content (AvgIpc) is 3.44. The maximum atomic E-state index is 14.3. The number of halogens is 1. The third kappa shape index (κ3) is 4.63. The minimum atomic E-state index is -4.21. The maximum Gasteiger partial charge on any atom is 0.301 e. The van der Waals surface area contributed by atoms with Crippen molar-refractivity contribution in [1.82, 2.24) is 24.5 Å². The summed E-state index contributed by atoms with van der Waals surface area (Å²) in [5, 5.41) is 3.53. The molecule has 162 valence electrons. The third-order valence-electron chi connectivity index (χ3n) is 5.08. The van der Waals surface area contributed by atoms with Crippen molar-refractivity contribution in [3.05, 3.63) is 59.9 Å². The van der Waals surface area contributed by atoms with Gasteiger partial charge >= 0.3 is 10.0 Å². The lowest BCUT2D eigenvalue weighted by Gasteiger charge is -2.18. The number of rotatable bonds is 7. The van der Waals surface area contributed by atoms with Gasteiger partial charge in [0.15, 0.2) is 0 Å². The normalized spacial score (nSPS) is 14.1. The van der Waals surface area contributed by atoms with Gasteiger partial charge in [0, 0.05) is 18.0 Å². The van der Waals surface area contributed by atoms with Gasteiger partial charge in [-0.2, -0.15) is 8.42 Å². The van der Waals surface area contributed by atoms with E-state index >= 15 is 0 Å². The molecule has 1 amide bonds. The highest BCUT2D eigenvalue weighted by Gasteiger charge is 2.29. The topological polar surface area (TPSA) is 107 Å². The summed E-state index contributed by atoms with van der Waals surface area (Å²) < 4.78 is 43.0. The first-order valence-corrected chi connectivity index (χ1v) is 11.4. The largest absolute Gasteiger partial charge is 0.301 e. The Morgan fingerprint density at radius 2 is 2.10 bits per heavy atom. The Bertz CT molecular complexity index is 1220. The number of nitrogens with zero attached hydrogens (tertiary/aromatic N) is 4. The predicted octanol–water partition coefficient (Wildman–Crippen LogP) is 2.99. The minimum absolute atomic E-state index is 0.0820. The Balaban J connectivity index is 1.63. The molecule has 0 saturated heterocycles. The zero-order chi connectivity index (χ0) is 22.2. The molecule has 10 heteroatoms. The molecule has 31 heavy (non-hydrogen) atoms. The second-order valence-corrected chi connectivity index (χ2v) is 9.44. The molecule has 1 N–H and O–H groups in total. The molecule has 2 aromatic heterocycles. The molecule has 0 aliphatic heterocycles. The number of sulfonamides is 1. The highest BCUT2D eigenvalue weighted by molar-refractivity contribution is 7.89. The monoisotopic (exact) mass is 443 g/mol. The minimum Gasteiger partial charge on any atom is -0.274 e. The van der Waals surface area contributed by atoms with Crippen LogP contribution in [0.15, 0.2) is 48.1 Å². The van der Waals surface area contributed by atoms with E-state index in [0.29, 0.717) is 22.3 Å². The SMILES string of the molecule is CC(C)c1cc(F)cc(-c2cccnc2)c1CC(=O)NS(=O)(=O)c1ncn(C2CC2)n1. The number of hydrogen-bond donors (Lipinski definition) is 1. The maximum absolute atomic E-state index is 14.3. The van der Waals surface area contributed by atoms with Crippen molar-refractivity contribution in [3.8, 4) is 11.1 Å². The van der Waals surface area contributed by atoms with Crippen LogP contribution in [0.2, 0.25) is 0 Å². The molecule has 0 atom stereocenters. The van der Waals surface area contributed by atoms with Crippen LogP contribution in [0.5, 0.6) is 0 Å². The third-order valence-corrected chi connectivity index (χ3v) is 6.24. The van der Waals surface area contributed by atoms with Crippen molar-refractivity contribution in [3.63, 3.8) is 0 Å². The fraction of sp³-hybridized carbons (Fsp3) is 0.333. The van der Waals surface area contributed by atoms with Gasteiger partial charge in [-0.1, -0.05) is 19.9 Å². The molecule has 4 rings (SSSR count). The van der Waals surface area contributed by atoms with Crippen LogP contribution in [0.25, 0.3) is 11.1 Å². The Labute approximate surface area is 179 Å². The second-order valence-electron chi connectivity index (χ2n) is 7.86. The molecular formula is C21H22FN5O3S. The summed E-state index contributed by atoms with van der Waals surface area (Å²) in [7, 11) is -4.21. The molecule has 3 aromatic rings. The van der Waals surface area contributed by atoms with E-state index in [-0.39, 0.29) is 18.4 Å². The van der Waals surface area contributed by atoms with Crippen LogP contribution in [0.1, 0.15) is 49.8 Å². The molecule has 0 spiro atoms. The van der Waals surface area contributed by atoms with Crippen molar-refractivity contribution in [2.75, 3.05) is 0 Å². The number of pyridine rings is 1. The molecule has 1 aliphatic rings. The van der Waals surface area contributed by atoms with E-state index in [9.17, 15) is 17.6 Å². The summed E-state index contributed by atoms with van der Waals surface area (Å²) >= 11 is 0. The molecule has 1 saturated carbocycles. The van der Waals surface area contributed by atoms with E-state index < -0.39 is 26.9 Å². The summed E-state index contributed by atoms with van der Waals surface area (Å²) in [6.07, 6.45) is 6.13. The first-order valence-electron chi connectivity index (χ1n) is 9.94. The lowest BCUT2D eigenvalue weighted by molar-refractivity contribution is -0.118. The molecule has 0 unspecified atom stereocenters. The van der Waals surface area contributed by atoms with Crippen LogP contribution >= 0.6 is 0 Å². The number of carbonyl (C=O) groups is 1. The smallest absolute Gasteiger partial charge is 0.274 e. The van der Waals surface area contributed by atoms with Crippen molar-refractivity contribution < 1.29 is 17.6 Å². The van der Waals surface area contributed by atoms with Crippen molar-refractivity contribution in [2.24, 2.45) is 0 Å². The number of benzene rings is 1. The number of aromatic nitrogens is 4. The lowest BCUT2D eigenvalue weighted by Crippen LogP contribution is -2.33. The zero-order valence-electron chi connectivity index (χ0n) is 17.1. The summed E-state index contributed by atoms with van der Waals surface area (Å²) in [4.78, 5) is 20.6. The second kappa shape index (κ2) is 8.18. The molecule has 1 aromatic carbocycles. The average molecular weight is 444 g/mol. The van der Waals surface area contributed by atoms with Gasteiger partial charge in [-0.15, -0.1) is 5.10 Å². The fourth-order valence-corrected chi connectivity index (χ4v) is 4.29. The van der Waals surface area contributed by atoms with Crippen LogP contribution < -0.4 is 4.72 Å². The first kappa shape index (κ1) is 21.1. The van der Waals surface area contributed by atoms with E-state index in [4.69, 9.17) is 0 Å². The Hall–Kier alpha value is -3.14. The van der Waals surface area contributed by atoms with Crippen LogP contribution in [0, 0.1) is 5.82 Å². The molecule has 8 nitrogen and oxygen atoms in total. The number of amides is 1. The Kier molecular flexibility index (Phi) is 5.57. The van der Waals surface area contributed by atoms with E-state index in [2.05, 4.69) is 15.1 Å². The van der Waals surface area contributed by atoms with Gasteiger partial charge < -0.3 is 0 Å². The van der Waals surface area contributed by atoms with Gasteiger partial charge in [-0.25, -0.2) is 18.8 Å². The fourth-order valence-electron chi connectivity index (χ4n) is 3.44. The van der Waals surface area contributed by atoms with Gasteiger partial charge in [0.05, 0.1) is 12.5 Å². The Morgan fingerprint density at radius 1 is 1.32 bits per heavy atom. The first-order chi connectivity index (χ1) is 14.7.